The molecule has 7 nitrogen and oxygen atoms in total. The number of nitrogens with one attached hydrogen (secondary N) is 2. The van der Waals surface area contributed by atoms with E-state index in [2.05, 4.69) is 27.5 Å². The van der Waals surface area contributed by atoms with Crippen molar-refractivity contribution >= 4 is 35.2 Å². The van der Waals surface area contributed by atoms with E-state index < -0.39 is 11.9 Å². The second-order valence-corrected chi connectivity index (χ2v) is 8.34. The average molecular weight is 436 g/mol. The lowest BCUT2D eigenvalue weighted by atomic mass is 9.98. The van der Waals surface area contributed by atoms with Crippen LogP contribution in [0, 0.1) is 11.7 Å². The molecule has 0 saturated carbocycles. The SMILES string of the molecule is O=C(O)NCC1C=[N+](Cc2ccc3c(c2)COC3=C2C(=O)Nc3ccc(F)cc32)CCC1. The van der Waals surface area contributed by atoms with E-state index in [1.165, 1.54) is 12.1 Å². The number of fused-ring (bicyclic) bond motifs is 2. The van der Waals surface area contributed by atoms with Crippen molar-refractivity contribution < 1.29 is 28.4 Å². The van der Waals surface area contributed by atoms with E-state index in [0.29, 0.717) is 35.7 Å². The van der Waals surface area contributed by atoms with Crippen LogP contribution in [0.15, 0.2) is 36.4 Å². The Bertz CT molecular complexity index is 1190. The van der Waals surface area contributed by atoms with Crippen LogP contribution in [0.3, 0.4) is 0 Å². The van der Waals surface area contributed by atoms with Crippen LogP contribution in [0.5, 0.6) is 0 Å². The van der Waals surface area contributed by atoms with E-state index in [1.807, 2.05) is 12.1 Å². The molecule has 0 saturated heterocycles. The molecule has 2 aromatic carbocycles. The van der Waals surface area contributed by atoms with Gasteiger partial charge in [-0.2, -0.15) is 0 Å². The minimum absolute atomic E-state index is 0.190. The Labute approximate surface area is 184 Å². The summed E-state index contributed by atoms with van der Waals surface area (Å²) in [5, 5.41) is 14.1. The van der Waals surface area contributed by atoms with E-state index in [4.69, 9.17) is 9.84 Å². The van der Waals surface area contributed by atoms with Crippen molar-refractivity contribution in [3.05, 3.63) is 64.5 Å². The first-order chi connectivity index (χ1) is 15.5. The molecule has 3 heterocycles. The number of hydrogen-bond donors (Lipinski definition) is 3. The maximum Gasteiger partial charge on any atom is 0.404 e. The fraction of sp³-hybridized carbons (Fsp3) is 0.292. The highest BCUT2D eigenvalue weighted by atomic mass is 19.1. The Morgan fingerprint density at radius 3 is 2.97 bits per heavy atom. The van der Waals surface area contributed by atoms with E-state index in [1.54, 1.807) is 6.07 Å². The summed E-state index contributed by atoms with van der Waals surface area (Å²) < 4.78 is 21.9. The molecule has 8 heteroatoms. The Kier molecular flexibility index (Phi) is 5.13. The largest absolute Gasteiger partial charge is 0.487 e. The first-order valence-corrected chi connectivity index (χ1v) is 10.6. The van der Waals surface area contributed by atoms with E-state index in [9.17, 15) is 14.0 Å². The molecule has 2 amide bonds. The number of ether oxygens (including phenoxy) is 1. The second kappa shape index (κ2) is 8.11. The van der Waals surface area contributed by atoms with Gasteiger partial charge in [0.1, 0.15) is 30.9 Å². The summed E-state index contributed by atoms with van der Waals surface area (Å²) >= 11 is 0. The van der Waals surface area contributed by atoms with Gasteiger partial charge in [-0.3, -0.25) is 4.79 Å². The number of rotatable bonds is 4. The lowest BCUT2D eigenvalue weighted by Gasteiger charge is -2.17. The smallest absolute Gasteiger partial charge is 0.404 e. The Balaban J connectivity index is 1.39. The van der Waals surface area contributed by atoms with E-state index in [0.717, 1.165) is 42.6 Å². The van der Waals surface area contributed by atoms with Gasteiger partial charge in [0.2, 0.25) is 0 Å². The third kappa shape index (κ3) is 3.84. The molecule has 0 aliphatic carbocycles. The maximum atomic E-state index is 13.8. The standard InChI is InChI=1S/C24H22FN3O4/c25-17-4-6-20-19(9-17)21(23(29)27-20)22-18-5-3-14(8-16(18)13-32-22)11-28-7-1-2-15(12-28)10-26-24(30)31/h3-6,8-9,12,15,26H,1-2,7,10-11,13H2,(H-,27,29,30,31)/p+1. The highest BCUT2D eigenvalue weighted by Gasteiger charge is 2.33. The third-order valence-electron chi connectivity index (χ3n) is 6.08. The molecule has 5 rings (SSSR count). The number of benzene rings is 2. The van der Waals surface area contributed by atoms with Crippen molar-refractivity contribution in [1.29, 1.82) is 0 Å². The van der Waals surface area contributed by atoms with Crippen LogP contribution >= 0.6 is 0 Å². The van der Waals surface area contributed by atoms with Crippen LogP contribution in [0.2, 0.25) is 0 Å². The van der Waals surface area contributed by atoms with Crippen LogP contribution in [0.4, 0.5) is 14.9 Å². The Morgan fingerprint density at radius 2 is 2.12 bits per heavy atom. The van der Waals surface area contributed by atoms with Gasteiger partial charge in [0, 0.05) is 40.9 Å². The number of carboxylic acid groups (broad SMARTS) is 1. The van der Waals surface area contributed by atoms with Gasteiger partial charge in [0.15, 0.2) is 6.54 Å². The van der Waals surface area contributed by atoms with E-state index in [-0.39, 0.29) is 11.8 Å². The van der Waals surface area contributed by atoms with Gasteiger partial charge >= 0.3 is 6.09 Å². The predicted octanol–water partition coefficient (Wildman–Crippen LogP) is 3.44. The Hall–Kier alpha value is -3.68. The minimum Gasteiger partial charge on any atom is -0.487 e. The molecule has 32 heavy (non-hydrogen) atoms. The van der Waals surface area contributed by atoms with Crippen molar-refractivity contribution in [2.45, 2.75) is 26.0 Å². The van der Waals surface area contributed by atoms with Gasteiger partial charge in [-0.25, -0.2) is 13.8 Å². The second-order valence-electron chi connectivity index (χ2n) is 8.34. The average Bonchev–Trinajstić information content (AvgIpc) is 3.31. The number of halogens is 1. The normalized spacial score (nSPS) is 21.3. The molecular formula is C24H23FN3O4+. The van der Waals surface area contributed by atoms with Gasteiger partial charge in [0.25, 0.3) is 5.91 Å². The van der Waals surface area contributed by atoms with Crippen molar-refractivity contribution in [3.63, 3.8) is 0 Å². The molecule has 2 aromatic rings. The molecule has 0 spiro atoms. The van der Waals surface area contributed by atoms with Crippen LogP contribution < -0.4 is 10.6 Å². The van der Waals surface area contributed by atoms with Crippen LogP contribution in [0.25, 0.3) is 11.3 Å². The number of carbonyl (C=O) groups excluding carboxylic acids is 1. The lowest BCUT2D eigenvalue weighted by molar-refractivity contribution is -0.546. The molecule has 3 aliphatic heterocycles. The summed E-state index contributed by atoms with van der Waals surface area (Å²) in [6.45, 7) is 2.42. The highest BCUT2D eigenvalue weighted by Crippen LogP contribution is 2.42. The summed E-state index contributed by atoms with van der Waals surface area (Å²) in [6.07, 6.45) is 3.10. The zero-order chi connectivity index (χ0) is 22.2. The number of anilines is 1. The maximum absolute atomic E-state index is 13.8. The quantitative estimate of drug-likeness (QED) is 0.506. The van der Waals surface area contributed by atoms with E-state index >= 15 is 0 Å². The summed E-state index contributed by atoms with van der Waals surface area (Å²) in [5.74, 6) is -0.0175. The highest BCUT2D eigenvalue weighted by molar-refractivity contribution is 6.36. The molecule has 0 radical (unpaired) electrons. The lowest BCUT2D eigenvalue weighted by Crippen LogP contribution is -2.33. The zero-order valence-electron chi connectivity index (χ0n) is 17.4. The first kappa shape index (κ1) is 20.2. The summed E-state index contributed by atoms with van der Waals surface area (Å²) in [5.41, 5.74) is 4.42. The molecule has 3 N–H and O–H groups in total. The molecule has 3 aliphatic rings. The van der Waals surface area contributed by atoms with Crippen molar-refractivity contribution in [3.8, 4) is 0 Å². The van der Waals surface area contributed by atoms with Crippen LogP contribution in [-0.4, -0.2) is 41.0 Å². The number of nitrogens with zero attached hydrogens (tertiary/aromatic N) is 1. The molecule has 1 unspecified atom stereocenters. The number of hydrogen-bond acceptors (Lipinski definition) is 3. The topological polar surface area (TPSA) is 90.7 Å². The fourth-order valence-corrected chi connectivity index (χ4v) is 4.63. The summed E-state index contributed by atoms with van der Waals surface area (Å²) in [6, 6.07) is 10.3. The van der Waals surface area contributed by atoms with Crippen molar-refractivity contribution in [2.24, 2.45) is 5.92 Å². The predicted molar refractivity (Wildman–Crippen MR) is 117 cm³/mol. The molecule has 0 bridgehead atoms. The minimum atomic E-state index is -1.000. The molecule has 1 atom stereocenters. The zero-order valence-corrected chi connectivity index (χ0v) is 17.4. The third-order valence-corrected chi connectivity index (χ3v) is 6.08. The molecule has 0 fully saturated rings. The number of amides is 2. The van der Waals surface area contributed by atoms with Gasteiger partial charge in [-0.1, -0.05) is 12.1 Å². The molecular weight excluding hydrogens is 413 g/mol. The van der Waals surface area contributed by atoms with Gasteiger partial charge < -0.3 is 20.5 Å². The molecule has 0 aromatic heterocycles. The summed E-state index contributed by atoms with van der Waals surface area (Å²) in [4.78, 5) is 23.3. The van der Waals surface area contributed by atoms with Crippen molar-refractivity contribution in [2.75, 3.05) is 18.4 Å². The summed E-state index contributed by atoms with van der Waals surface area (Å²) in [7, 11) is 0. The first-order valence-electron chi connectivity index (χ1n) is 10.6. The van der Waals surface area contributed by atoms with Crippen LogP contribution in [0.1, 0.15) is 35.1 Å². The van der Waals surface area contributed by atoms with Gasteiger partial charge in [-0.15, -0.1) is 0 Å². The Morgan fingerprint density at radius 1 is 1.25 bits per heavy atom. The van der Waals surface area contributed by atoms with Crippen molar-refractivity contribution in [1.82, 2.24) is 5.32 Å². The van der Waals surface area contributed by atoms with Gasteiger partial charge in [-0.05, 0) is 30.7 Å². The van der Waals surface area contributed by atoms with Crippen LogP contribution in [-0.2, 0) is 22.7 Å². The fourth-order valence-electron chi connectivity index (χ4n) is 4.63. The molecule has 164 valence electrons. The van der Waals surface area contributed by atoms with Gasteiger partial charge in [0.05, 0.1) is 11.5 Å². The number of carbonyl (C=O) groups is 2. The monoisotopic (exact) mass is 436 g/mol.